The van der Waals surface area contributed by atoms with Crippen LogP contribution in [0.25, 0.3) is 10.9 Å². The lowest BCUT2D eigenvalue weighted by Gasteiger charge is -2.28. The highest BCUT2D eigenvalue weighted by atomic mass is 32.2. The molecule has 3 N–H and O–H groups in total. The predicted molar refractivity (Wildman–Crippen MR) is 138 cm³/mol. The fraction of sp³-hybridized carbons (Fsp3) is 0.600. The number of carbonyl (C=O) groups is 1. The summed E-state index contributed by atoms with van der Waals surface area (Å²) in [6, 6.07) is 8.22. The number of aliphatic hydroxyl groups excluding tert-OH is 1. The molecule has 1 amide bonds. The minimum Gasteiger partial charge on any atom is -0.391 e. The van der Waals surface area contributed by atoms with Crippen LogP contribution in [0.15, 0.2) is 41.4 Å². The molecule has 0 saturated heterocycles. The molecular weight excluding hydrogens is 470 g/mol. The number of aromatic nitrogens is 1. The van der Waals surface area contributed by atoms with E-state index in [0.717, 1.165) is 28.5 Å². The van der Waals surface area contributed by atoms with Crippen LogP contribution in [0.2, 0.25) is 0 Å². The van der Waals surface area contributed by atoms with E-state index < -0.39 is 34.1 Å². The number of nitrogens with one attached hydrogen (secondary N) is 2. The van der Waals surface area contributed by atoms with Crippen molar-refractivity contribution in [2.75, 3.05) is 12.0 Å². The number of nitrogens with zero attached hydrogens (tertiary/aromatic N) is 1. The Kier molecular flexibility index (Phi) is 9.37. The highest BCUT2D eigenvalue weighted by Gasteiger charge is 2.33. The van der Waals surface area contributed by atoms with E-state index in [0.29, 0.717) is 30.6 Å². The van der Waals surface area contributed by atoms with Crippen LogP contribution < -0.4 is 10.0 Å². The number of carbonyl (C=O) groups excluding carboxylic acids is 1. The van der Waals surface area contributed by atoms with Gasteiger partial charge in [-0.25, -0.2) is 13.1 Å². The molecule has 2 aromatic rings. The molecule has 0 bridgehead atoms. The number of fused-ring (bicyclic) bond motifs is 1. The van der Waals surface area contributed by atoms with Gasteiger partial charge in [-0.3, -0.25) is 9.78 Å². The Bertz CT molecular complexity index is 1070. The summed E-state index contributed by atoms with van der Waals surface area (Å²) in [5, 5.41) is 14.8. The number of para-hydroxylation sites is 1. The average Bonchev–Trinajstić information content (AvgIpc) is 3.10. The zero-order chi connectivity index (χ0) is 24.9. The lowest BCUT2D eigenvalue weighted by Crippen LogP contribution is -2.53. The molecule has 3 unspecified atom stereocenters. The minimum absolute atomic E-state index is 0.207. The molecule has 1 saturated carbocycles. The summed E-state index contributed by atoms with van der Waals surface area (Å²) in [5.41, 5.74) is 0.815. The van der Waals surface area contributed by atoms with Crippen molar-refractivity contribution in [3.05, 3.63) is 36.5 Å². The fourth-order valence-corrected chi connectivity index (χ4v) is 6.89. The molecule has 1 aromatic heterocycles. The predicted octanol–water partition coefficient (Wildman–Crippen LogP) is 3.57. The molecule has 0 spiro atoms. The molecule has 188 valence electrons. The quantitative estimate of drug-likeness (QED) is 0.401. The topological polar surface area (TPSA) is 108 Å². The number of rotatable bonds is 11. The summed E-state index contributed by atoms with van der Waals surface area (Å²) in [6.45, 7) is 6.39. The summed E-state index contributed by atoms with van der Waals surface area (Å²) in [6.07, 6.45) is 5.56. The molecule has 1 aromatic carbocycles. The average molecular weight is 508 g/mol. The minimum atomic E-state index is -3.61. The zero-order valence-electron chi connectivity index (χ0n) is 20.4. The van der Waals surface area contributed by atoms with E-state index in [1.165, 1.54) is 18.2 Å². The van der Waals surface area contributed by atoms with Crippen molar-refractivity contribution in [2.24, 2.45) is 17.8 Å². The molecule has 1 aliphatic carbocycles. The number of benzene rings is 1. The molecule has 6 atom stereocenters. The highest BCUT2D eigenvalue weighted by molar-refractivity contribution is 7.99. The molecule has 1 fully saturated rings. The first kappa shape index (κ1) is 26.9. The highest BCUT2D eigenvalue weighted by Crippen LogP contribution is 2.38. The maximum Gasteiger partial charge on any atom is 0.239 e. The van der Waals surface area contributed by atoms with Crippen LogP contribution in [-0.2, 0) is 14.8 Å². The Labute approximate surface area is 207 Å². The second-order valence-corrected chi connectivity index (χ2v) is 12.6. The van der Waals surface area contributed by atoms with Crippen molar-refractivity contribution in [3.8, 4) is 0 Å². The van der Waals surface area contributed by atoms with Gasteiger partial charge < -0.3 is 10.4 Å². The number of thioether (sulfide) groups is 1. The lowest BCUT2D eigenvalue weighted by atomic mass is 9.89. The number of hydrogen-bond acceptors (Lipinski definition) is 6. The van der Waals surface area contributed by atoms with Crippen LogP contribution in [0.4, 0.5) is 0 Å². The van der Waals surface area contributed by atoms with Gasteiger partial charge in [0, 0.05) is 22.2 Å². The molecule has 0 aliphatic heterocycles. The third-order valence-electron chi connectivity index (χ3n) is 6.73. The van der Waals surface area contributed by atoms with Gasteiger partial charge in [0.15, 0.2) is 0 Å². The van der Waals surface area contributed by atoms with Gasteiger partial charge >= 0.3 is 0 Å². The Morgan fingerprint density at radius 3 is 2.62 bits per heavy atom. The van der Waals surface area contributed by atoms with Crippen molar-refractivity contribution >= 4 is 38.6 Å². The van der Waals surface area contributed by atoms with E-state index in [4.69, 9.17) is 0 Å². The van der Waals surface area contributed by atoms with Crippen LogP contribution in [0, 0.1) is 17.8 Å². The van der Waals surface area contributed by atoms with Crippen molar-refractivity contribution in [3.63, 3.8) is 0 Å². The smallest absolute Gasteiger partial charge is 0.239 e. The first-order valence-electron chi connectivity index (χ1n) is 12.0. The van der Waals surface area contributed by atoms with E-state index in [1.807, 2.05) is 37.3 Å². The Morgan fingerprint density at radius 1 is 1.24 bits per heavy atom. The standard InChI is InChI=1S/C25H37N3O4S2/c1-5-20(22(29)14-19-13-16(2)12-17(19)3)27-25(30)21(28-34(4,31)32)15-33-23-10-6-8-18-9-7-11-26-24(18)23/h6-11,16-17,19-22,28-29H,5,12-15H2,1-4H3,(H,27,30)/t16?,17?,19?,20-,21+,22+/m0/s1. The van der Waals surface area contributed by atoms with Gasteiger partial charge in [-0.15, -0.1) is 11.8 Å². The van der Waals surface area contributed by atoms with Gasteiger partial charge in [-0.1, -0.05) is 39.0 Å². The summed E-state index contributed by atoms with van der Waals surface area (Å²) in [5.74, 6) is 1.44. The second kappa shape index (κ2) is 11.8. The van der Waals surface area contributed by atoms with Gasteiger partial charge in [-0.2, -0.15) is 0 Å². The SMILES string of the molecule is CC[C@H](NC(=O)[C@@H](CSc1cccc2cccnc12)NS(C)(=O)=O)[C@H](O)CC1CC(C)CC1C. The molecule has 1 heterocycles. The van der Waals surface area contributed by atoms with E-state index >= 15 is 0 Å². The normalized spacial score (nSPS) is 23.5. The van der Waals surface area contributed by atoms with Crippen LogP contribution in [0.5, 0.6) is 0 Å². The van der Waals surface area contributed by atoms with E-state index in [9.17, 15) is 18.3 Å². The van der Waals surface area contributed by atoms with Crippen LogP contribution >= 0.6 is 11.8 Å². The molecular formula is C25H37N3O4S2. The van der Waals surface area contributed by atoms with E-state index in [-0.39, 0.29) is 5.75 Å². The summed E-state index contributed by atoms with van der Waals surface area (Å²) >= 11 is 1.38. The van der Waals surface area contributed by atoms with Crippen LogP contribution in [-0.4, -0.2) is 54.6 Å². The van der Waals surface area contributed by atoms with Gasteiger partial charge in [0.05, 0.1) is 23.9 Å². The van der Waals surface area contributed by atoms with Crippen molar-refractivity contribution in [1.82, 2.24) is 15.0 Å². The first-order valence-corrected chi connectivity index (χ1v) is 14.9. The monoisotopic (exact) mass is 507 g/mol. The Hall–Kier alpha value is -1.68. The maximum absolute atomic E-state index is 13.2. The summed E-state index contributed by atoms with van der Waals surface area (Å²) in [4.78, 5) is 18.5. The third kappa shape index (κ3) is 7.41. The largest absolute Gasteiger partial charge is 0.391 e. The molecule has 9 heteroatoms. The van der Waals surface area contributed by atoms with Crippen molar-refractivity contribution in [1.29, 1.82) is 0 Å². The number of aliphatic hydroxyl groups is 1. The number of hydrogen-bond donors (Lipinski definition) is 3. The molecule has 34 heavy (non-hydrogen) atoms. The number of amides is 1. The zero-order valence-corrected chi connectivity index (χ0v) is 22.0. The van der Waals surface area contributed by atoms with Gasteiger partial charge in [0.25, 0.3) is 0 Å². The lowest BCUT2D eigenvalue weighted by molar-refractivity contribution is -0.124. The summed E-state index contributed by atoms with van der Waals surface area (Å²) in [7, 11) is -3.61. The fourth-order valence-electron chi connectivity index (χ4n) is 5.02. The van der Waals surface area contributed by atoms with Crippen molar-refractivity contribution < 1.29 is 18.3 Å². The molecule has 3 rings (SSSR count). The number of pyridine rings is 1. The van der Waals surface area contributed by atoms with E-state index in [1.54, 1.807) is 6.20 Å². The van der Waals surface area contributed by atoms with Crippen LogP contribution in [0.1, 0.15) is 46.5 Å². The van der Waals surface area contributed by atoms with Gasteiger partial charge in [0.1, 0.15) is 6.04 Å². The second-order valence-electron chi connectivity index (χ2n) is 9.73. The van der Waals surface area contributed by atoms with Gasteiger partial charge in [0.2, 0.25) is 15.9 Å². The Morgan fingerprint density at radius 2 is 1.97 bits per heavy atom. The third-order valence-corrected chi connectivity index (χ3v) is 8.59. The Balaban J connectivity index is 1.68. The molecule has 0 radical (unpaired) electrons. The number of sulfonamides is 1. The summed E-state index contributed by atoms with van der Waals surface area (Å²) < 4.78 is 26.5. The van der Waals surface area contributed by atoms with Crippen molar-refractivity contribution in [2.45, 2.75) is 69.5 Å². The van der Waals surface area contributed by atoms with Gasteiger partial charge in [-0.05, 0) is 55.6 Å². The molecule has 1 aliphatic rings. The molecule has 7 nitrogen and oxygen atoms in total. The van der Waals surface area contributed by atoms with Crippen LogP contribution in [0.3, 0.4) is 0 Å². The first-order chi connectivity index (χ1) is 16.1. The maximum atomic E-state index is 13.2. The van der Waals surface area contributed by atoms with E-state index in [2.05, 4.69) is 28.9 Å².